The lowest BCUT2D eigenvalue weighted by Gasteiger charge is -2.21. The predicted molar refractivity (Wildman–Crippen MR) is 39.7 cm³/mol. The van der Waals surface area contributed by atoms with E-state index in [2.05, 4.69) is 6.92 Å². The SMILES string of the molecule is CC12CCC(CN)(CC1)O2. The summed E-state index contributed by atoms with van der Waals surface area (Å²) in [5.41, 5.74) is 5.93. The molecule has 58 valence electrons. The molecule has 0 saturated carbocycles. The third-order valence-corrected chi connectivity index (χ3v) is 3.05. The molecule has 2 aliphatic heterocycles. The van der Waals surface area contributed by atoms with Gasteiger partial charge < -0.3 is 10.5 Å². The number of fused-ring (bicyclic) bond motifs is 2. The average molecular weight is 141 g/mol. The van der Waals surface area contributed by atoms with Crippen molar-refractivity contribution in [2.45, 2.75) is 43.8 Å². The molecular weight excluding hydrogens is 126 g/mol. The van der Waals surface area contributed by atoms with E-state index in [0.717, 1.165) is 0 Å². The molecule has 0 aliphatic carbocycles. The summed E-state index contributed by atoms with van der Waals surface area (Å²) in [5, 5.41) is 0. The third-order valence-electron chi connectivity index (χ3n) is 3.05. The summed E-state index contributed by atoms with van der Waals surface area (Å²) in [6.45, 7) is 2.92. The van der Waals surface area contributed by atoms with E-state index in [4.69, 9.17) is 10.5 Å². The third kappa shape index (κ3) is 0.722. The topological polar surface area (TPSA) is 35.2 Å². The molecule has 2 bridgehead atoms. The molecule has 10 heavy (non-hydrogen) atoms. The van der Waals surface area contributed by atoms with Gasteiger partial charge in [-0.05, 0) is 32.6 Å². The van der Waals surface area contributed by atoms with Crippen molar-refractivity contribution in [3.8, 4) is 0 Å². The van der Waals surface area contributed by atoms with E-state index in [9.17, 15) is 0 Å². The zero-order chi connectivity index (χ0) is 7.24. The molecule has 0 radical (unpaired) electrons. The van der Waals surface area contributed by atoms with Crippen molar-refractivity contribution in [2.75, 3.05) is 6.54 Å². The molecule has 0 atom stereocenters. The van der Waals surface area contributed by atoms with Crippen LogP contribution in [0.15, 0.2) is 0 Å². The van der Waals surface area contributed by atoms with Crippen molar-refractivity contribution in [1.82, 2.24) is 0 Å². The van der Waals surface area contributed by atoms with Gasteiger partial charge >= 0.3 is 0 Å². The Morgan fingerprint density at radius 2 is 1.90 bits per heavy atom. The van der Waals surface area contributed by atoms with E-state index >= 15 is 0 Å². The summed E-state index contributed by atoms with van der Waals surface area (Å²) in [6, 6.07) is 0. The Morgan fingerprint density at radius 3 is 2.10 bits per heavy atom. The smallest absolute Gasteiger partial charge is 0.0813 e. The zero-order valence-electron chi connectivity index (χ0n) is 6.52. The Bertz CT molecular complexity index is 147. The first-order chi connectivity index (χ1) is 4.68. The average Bonchev–Trinajstić information content (AvgIpc) is 2.42. The van der Waals surface area contributed by atoms with E-state index in [1.54, 1.807) is 0 Å². The Morgan fingerprint density at radius 1 is 1.30 bits per heavy atom. The van der Waals surface area contributed by atoms with Crippen LogP contribution in [0.5, 0.6) is 0 Å². The highest BCUT2D eigenvalue weighted by Gasteiger charge is 2.51. The molecule has 2 saturated heterocycles. The van der Waals surface area contributed by atoms with Crippen molar-refractivity contribution in [2.24, 2.45) is 5.73 Å². The van der Waals surface area contributed by atoms with Gasteiger partial charge in [0.05, 0.1) is 11.2 Å². The lowest BCUT2D eigenvalue weighted by Crippen LogP contribution is -2.34. The van der Waals surface area contributed by atoms with E-state index in [1.165, 1.54) is 25.7 Å². The number of ether oxygens (including phenoxy) is 1. The van der Waals surface area contributed by atoms with Crippen molar-refractivity contribution >= 4 is 0 Å². The maximum absolute atomic E-state index is 5.87. The molecule has 0 spiro atoms. The molecule has 2 fully saturated rings. The van der Waals surface area contributed by atoms with Gasteiger partial charge in [-0.3, -0.25) is 0 Å². The fourth-order valence-corrected chi connectivity index (χ4v) is 2.21. The van der Waals surface area contributed by atoms with Crippen LogP contribution in [-0.2, 0) is 4.74 Å². The molecule has 2 nitrogen and oxygen atoms in total. The molecule has 0 unspecified atom stereocenters. The standard InChI is InChI=1S/C8H15NO/c1-7-2-4-8(6-9,10-7)5-3-7/h2-6,9H2,1H3. The second-order valence-corrected chi connectivity index (χ2v) is 3.94. The Labute approximate surface area is 61.7 Å². The second-order valence-electron chi connectivity index (χ2n) is 3.94. The van der Waals surface area contributed by atoms with Gasteiger partial charge in [-0.15, -0.1) is 0 Å². The quantitative estimate of drug-likeness (QED) is 0.592. The molecule has 2 N–H and O–H groups in total. The lowest BCUT2D eigenvalue weighted by atomic mass is 9.83. The molecule has 2 heteroatoms. The second kappa shape index (κ2) is 1.74. The fraction of sp³-hybridized carbons (Fsp3) is 1.00. The Balaban J connectivity index is 2.19. The normalized spacial score (nSPS) is 52.2. The largest absolute Gasteiger partial charge is 0.368 e. The molecule has 0 aromatic carbocycles. The van der Waals surface area contributed by atoms with Crippen molar-refractivity contribution < 1.29 is 4.74 Å². The first-order valence-corrected chi connectivity index (χ1v) is 4.08. The summed E-state index contributed by atoms with van der Waals surface area (Å²) < 4.78 is 5.87. The van der Waals surface area contributed by atoms with E-state index < -0.39 is 0 Å². The number of rotatable bonds is 1. The summed E-state index contributed by atoms with van der Waals surface area (Å²) >= 11 is 0. The van der Waals surface area contributed by atoms with Crippen LogP contribution in [0.4, 0.5) is 0 Å². The minimum absolute atomic E-state index is 0.0920. The van der Waals surface area contributed by atoms with E-state index in [1.807, 2.05) is 0 Å². The van der Waals surface area contributed by atoms with Crippen LogP contribution in [0.1, 0.15) is 32.6 Å². The maximum atomic E-state index is 5.87. The van der Waals surface area contributed by atoms with Gasteiger partial charge in [0, 0.05) is 6.54 Å². The minimum Gasteiger partial charge on any atom is -0.368 e. The van der Waals surface area contributed by atoms with Crippen LogP contribution in [0, 0.1) is 0 Å². The van der Waals surface area contributed by atoms with Gasteiger partial charge in [0.15, 0.2) is 0 Å². The van der Waals surface area contributed by atoms with E-state index in [-0.39, 0.29) is 11.2 Å². The monoisotopic (exact) mass is 141 g/mol. The Kier molecular flexibility index (Phi) is 1.15. The van der Waals surface area contributed by atoms with Gasteiger partial charge in [-0.25, -0.2) is 0 Å². The molecule has 0 amide bonds. The molecule has 2 heterocycles. The van der Waals surface area contributed by atoms with Gasteiger partial charge in [-0.2, -0.15) is 0 Å². The van der Waals surface area contributed by atoms with Crippen molar-refractivity contribution in [1.29, 1.82) is 0 Å². The molecule has 0 aromatic heterocycles. The van der Waals surface area contributed by atoms with Gasteiger partial charge in [0.1, 0.15) is 0 Å². The summed E-state index contributed by atoms with van der Waals surface area (Å²) in [4.78, 5) is 0. The molecular formula is C8H15NO. The first kappa shape index (κ1) is 6.62. The van der Waals surface area contributed by atoms with Crippen LogP contribution < -0.4 is 5.73 Å². The molecule has 2 aliphatic rings. The van der Waals surface area contributed by atoms with Crippen LogP contribution in [0.2, 0.25) is 0 Å². The minimum atomic E-state index is 0.0920. The molecule has 2 rings (SSSR count). The van der Waals surface area contributed by atoms with Crippen LogP contribution in [0.25, 0.3) is 0 Å². The fourth-order valence-electron chi connectivity index (χ4n) is 2.21. The number of hydrogen-bond donors (Lipinski definition) is 1. The zero-order valence-corrected chi connectivity index (χ0v) is 6.52. The van der Waals surface area contributed by atoms with Gasteiger partial charge in [0.25, 0.3) is 0 Å². The highest BCUT2D eigenvalue weighted by Crippen LogP contribution is 2.49. The van der Waals surface area contributed by atoms with Crippen LogP contribution in [0.3, 0.4) is 0 Å². The number of hydrogen-bond acceptors (Lipinski definition) is 2. The Hall–Kier alpha value is -0.0800. The summed E-state index contributed by atoms with van der Waals surface area (Å²) in [5.74, 6) is 0. The van der Waals surface area contributed by atoms with E-state index in [0.29, 0.717) is 6.54 Å². The first-order valence-electron chi connectivity index (χ1n) is 4.08. The number of nitrogens with two attached hydrogens (primary N) is 1. The highest BCUT2D eigenvalue weighted by molar-refractivity contribution is 5.03. The summed E-state index contributed by atoms with van der Waals surface area (Å²) in [7, 11) is 0. The molecule has 0 aromatic rings. The predicted octanol–water partition coefficient (Wildman–Crippen LogP) is 1.05. The van der Waals surface area contributed by atoms with Crippen molar-refractivity contribution in [3.05, 3.63) is 0 Å². The summed E-state index contributed by atoms with van der Waals surface area (Å²) in [6.07, 6.45) is 4.79. The maximum Gasteiger partial charge on any atom is 0.0813 e. The van der Waals surface area contributed by atoms with Gasteiger partial charge in [0.2, 0.25) is 0 Å². The lowest BCUT2D eigenvalue weighted by molar-refractivity contribution is -0.0320. The highest BCUT2D eigenvalue weighted by atomic mass is 16.5. The van der Waals surface area contributed by atoms with Gasteiger partial charge in [-0.1, -0.05) is 0 Å². The van der Waals surface area contributed by atoms with Crippen LogP contribution in [-0.4, -0.2) is 17.7 Å². The van der Waals surface area contributed by atoms with Crippen LogP contribution >= 0.6 is 0 Å². The van der Waals surface area contributed by atoms with Crippen molar-refractivity contribution in [3.63, 3.8) is 0 Å².